The molecule has 6 heteroatoms. The van der Waals surface area contributed by atoms with E-state index in [0.717, 1.165) is 18.8 Å². The van der Waals surface area contributed by atoms with E-state index < -0.39 is 6.04 Å². The lowest BCUT2D eigenvalue weighted by atomic mass is 10.0. The molecule has 2 amide bonds. The van der Waals surface area contributed by atoms with Gasteiger partial charge in [0, 0.05) is 24.5 Å². The number of carbonyl (C=O) groups is 2. The molecule has 0 heterocycles. The molecule has 0 bridgehead atoms. The number of rotatable bonds is 8. The van der Waals surface area contributed by atoms with Gasteiger partial charge in [0.2, 0.25) is 5.91 Å². The number of halogens is 1. The Morgan fingerprint density at radius 2 is 1.61 bits per heavy atom. The van der Waals surface area contributed by atoms with Gasteiger partial charge < -0.3 is 15.5 Å². The molecule has 5 nitrogen and oxygen atoms in total. The van der Waals surface area contributed by atoms with Crippen LogP contribution in [-0.2, 0) is 4.79 Å². The first-order valence-corrected chi connectivity index (χ1v) is 9.96. The molecule has 28 heavy (non-hydrogen) atoms. The fourth-order valence-corrected chi connectivity index (χ4v) is 3.19. The van der Waals surface area contributed by atoms with Crippen LogP contribution in [-0.4, -0.2) is 30.9 Å². The van der Waals surface area contributed by atoms with Crippen molar-refractivity contribution in [3.05, 3.63) is 59.1 Å². The van der Waals surface area contributed by atoms with Crippen LogP contribution in [0.25, 0.3) is 0 Å². The Morgan fingerprint density at radius 3 is 2.14 bits per heavy atom. The van der Waals surface area contributed by atoms with E-state index >= 15 is 0 Å². The van der Waals surface area contributed by atoms with E-state index in [9.17, 15) is 9.59 Å². The largest absolute Gasteiger partial charge is 0.372 e. The molecule has 0 radical (unpaired) electrons. The first-order chi connectivity index (χ1) is 13.4. The van der Waals surface area contributed by atoms with E-state index in [4.69, 9.17) is 11.6 Å². The van der Waals surface area contributed by atoms with Gasteiger partial charge in [0.25, 0.3) is 5.91 Å². The quantitative estimate of drug-likeness (QED) is 0.680. The summed E-state index contributed by atoms with van der Waals surface area (Å²) in [7, 11) is 0. The predicted molar refractivity (Wildman–Crippen MR) is 116 cm³/mol. The summed E-state index contributed by atoms with van der Waals surface area (Å²) in [5.41, 5.74) is 2.15. The van der Waals surface area contributed by atoms with E-state index in [0.29, 0.717) is 16.3 Å². The maximum Gasteiger partial charge on any atom is 0.253 e. The average molecular weight is 402 g/mol. The van der Waals surface area contributed by atoms with Gasteiger partial charge in [-0.05, 0) is 56.2 Å². The molecule has 2 aromatic carbocycles. The first kappa shape index (κ1) is 21.8. The predicted octanol–water partition coefficient (Wildman–Crippen LogP) is 4.58. The van der Waals surface area contributed by atoms with Crippen molar-refractivity contribution in [1.82, 2.24) is 5.32 Å². The molecule has 0 saturated heterocycles. The fraction of sp³-hybridized carbons (Fsp3) is 0.364. The minimum atomic E-state index is -0.675. The summed E-state index contributed by atoms with van der Waals surface area (Å²) < 4.78 is 0. The highest BCUT2D eigenvalue weighted by Gasteiger charge is 2.25. The van der Waals surface area contributed by atoms with Crippen LogP contribution in [0.15, 0.2) is 48.5 Å². The number of carbonyl (C=O) groups excluding carboxylic acids is 2. The van der Waals surface area contributed by atoms with Crippen molar-refractivity contribution in [3.63, 3.8) is 0 Å². The standard InChI is InChI=1S/C22H28ClN3O2/c1-5-26(6-2)17-13-11-16(12-14-17)24-22(28)20(15(3)4)25-21(27)18-9-7-8-10-19(18)23/h7-15,20H,5-6H2,1-4H3,(H,24,28)(H,25,27). The lowest BCUT2D eigenvalue weighted by Gasteiger charge is -2.23. The molecule has 0 fully saturated rings. The number of anilines is 2. The van der Waals surface area contributed by atoms with Gasteiger partial charge in [0.15, 0.2) is 0 Å². The highest BCUT2D eigenvalue weighted by molar-refractivity contribution is 6.33. The molecule has 2 N–H and O–H groups in total. The zero-order valence-corrected chi connectivity index (χ0v) is 17.6. The second kappa shape index (κ2) is 10.1. The Labute approximate surface area is 172 Å². The topological polar surface area (TPSA) is 61.4 Å². The number of amides is 2. The molecule has 0 aliphatic heterocycles. The van der Waals surface area contributed by atoms with Crippen LogP contribution in [0.1, 0.15) is 38.1 Å². The summed E-state index contributed by atoms with van der Waals surface area (Å²) in [6.07, 6.45) is 0. The summed E-state index contributed by atoms with van der Waals surface area (Å²) in [6.45, 7) is 9.83. The lowest BCUT2D eigenvalue weighted by Crippen LogP contribution is -2.47. The molecular formula is C22H28ClN3O2. The maximum atomic E-state index is 12.8. The van der Waals surface area contributed by atoms with Crippen molar-refractivity contribution in [3.8, 4) is 0 Å². The van der Waals surface area contributed by atoms with E-state index in [1.807, 2.05) is 38.1 Å². The van der Waals surface area contributed by atoms with Crippen LogP contribution in [0, 0.1) is 5.92 Å². The molecule has 0 saturated carbocycles. The highest BCUT2D eigenvalue weighted by atomic mass is 35.5. The minimum Gasteiger partial charge on any atom is -0.372 e. The number of benzene rings is 2. The third-order valence-corrected chi connectivity index (χ3v) is 4.95. The summed E-state index contributed by atoms with van der Waals surface area (Å²) in [5, 5.41) is 6.05. The molecule has 1 unspecified atom stereocenters. The van der Waals surface area contributed by atoms with Crippen LogP contribution in [0.5, 0.6) is 0 Å². The first-order valence-electron chi connectivity index (χ1n) is 9.58. The van der Waals surface area contributed by atoms with E-state index in [-0.39, 0.29) is 17.7 Å². The molecule has 1 atom stereocenters. The normalized spacial score (nSPS) is 11.8. The Balaban J connectivity index is 2.09. The molecule has 0 aliphatic carbocycles. The van der Waals surface area contributed by atoms with Crippen LogP contribution in [0.2, 0.25) is 5.02 Å². The van der Waals surface area contributed by atoms with Crippen LogP contribution < -0.4 is 15.5 Å². The van der Waals surface area contributed by atoms with Crippen LogP contribution in [0.4, 0.5) is 11.4 Å². The second-order valence-electron chi connectivity index (χ2n) is 6.88. The number of nitrogens with one attached hydrogen (secondary N) is 2. The highest BCUT2D eigenvalue weighted by Crippen LogP contribution is 2.19. The van der Waals surface area contributed by atoms with Crippen LogP contribution in [0.3, 0.4) is 0 Å². The van der Waals surface area contributed by atoms with E-state index in [2.05, 4.69) is 29.4 Å². The molecular weight excluding hydrogens is 374 g/mol. The summed E-state index contributed by atoms with van der Waals surface area (Å²) in [4.78, 5) is 27.5. The van der Waals surface area contributed by atoms with Gasteiger partial charge >= 0.3 is 0 Å². The van der Waals surface area contributed by atoms with Crippen molar-refractivity contribution >= 4 is 34.8 Å². The summed E-state index contributed by atoms with van der Waals surface area (Å²) in [5.74, 6) is -0.705. The van der Waals surface area contributed by atoms with Gasteiger partial charge in [-0.1, -0.05) is 37.6 Å². The van der Waals surface area contributed by atoms with Crippen molar-refractivity contribution < 1.29 is 9.59 Å². The van der Waals surface area contributed by atoms with Gasteiger partial charge in [0.05, 0.1) is 10.6 Å². The van der Waals surface area contributed by atoms with Gasteiger partial charge in [0.1, 0.15) is 6.04 Å². The molecule has 2 aromatic rings. The Kier molecular flexibility index (Phi) is 7.88. The van der Waals surface area contributed by atoms with Crippen molar-refractivity contribution in [2.75, 3.05) is 23.3 Å². The summed E-state index contributed by atoms with van der Waals surface area (Å²) in [6, 6.07) is 13.8. The molecule has 150 valence electrons. The zero-order valence-electron chi connectivity index (χ0n) is 16.8. The number of hydrogen-bond donors (Lipinski definition) is 2. The van der Waals surface area contributed by atoms with Gasteiger partial charge in [-0.25, -0.2) is 0 Å². The van der Waals surface area contributed by atoms with Gasteiger partial charge in [-0.2, -0.15) is 0 Å². The van der Waals surface area contributed by atoms with E-state index in [1.165, 1.54) is 0 Å². The SMILES string of the molecule is CCN(CC)c1ccc(NC(=O)C(NC(=O)c2ccccc2Cl)C(C)C)cc1. The Bertz CT molecular complexity index is 802. The van der Waals surface area contributed by atoms with Crippen molar-refractivity contribution in [2.24, 2.45) is 5.92 Å². The third-order valence-electron chi connectivity index (χ3n) is 4.62. The average Bonchev–Trinajstić information content (AvgIpc) is 2.68. The Hall–Kier alpha value is -2.53. The second-order valence-corrected chi connectivity index (χ2v) is 7.29. The molecule has 0 spiro atoms. The summed E-state index contributed by atoms with van der Waals surface area (Å²) >= 11 is 6.09. The lowest BCUT2D eigenvalue weighted by molar-refractivity contribution is -0.118. The Morgan fingerprint density at radius 1 is 1.00 bits per heavy atom. The smallest absolute Gasteiger partial charge is 0.253 e. The fourth-order valence-electron chi connectivity index (χ4n) is 2.96. The third kappa shape index (κ3) is 5.49. The molecule has 0 aliphatic rings. The van der Waals surface area contributed by atoms with Gasteiger partial charge in [-0.15, -0.1) is 0 Å². The van der Waals surface area contributed by atoms with Gasteiger partial charge in [-0.3, -0.25) is 9.59 Å². The van der Waals surface area contributed by atoms with Crippen molar-refractivity contribution in [1.29, 1.82) is 0 Å². The van der Waals surface area contributed by atoms with Crippen molar-refractivity contribution in [2.45, 2.75) is 33.7 Å². The minimum absolute atomic E-state index is 0.0821. The number of hydrogen-bond acceptors (Lipinski definition) is 3. The maximum absolute atomic E-state index is 12.8. The monoisotopic (exact) mass is 401 g/mol. The molecule has 0 aromatic heterocycles. The van der Waals surface area contributed by atoms with Crippen LogP contribution >= 0.6 is 11.6 Å². The zero-order chi connectivity index (χ0) is 20.7. The van der Waals surface area contributed by atoms with E-state index in [1.54, 1.807) is 24.3 Å². The number of nitrogens with zero attached hydrogens (tertiary/aromatic N) is 1. The molecule has 2 rings (SSSR count).